The van der Waals surface area contributed by atoms with Crippen molar-refractivity contribution in [2.75, 3.05) is 32.7 Å². The Morgan fingerprint density at radius 2 is 1.88 bits per heavy atom. The molecule has 0 radical (unpaired) electrons. The van der Waals surface area contributed by atoms with E-state index in [9.17, 15) is 0 Å². The molecule has 4 fully saturated rings. The normalized spacial score (nSPS) is 47.3. The molecule has 2 bridgehead atoms. The van der Waals surface area contributed by atoms with Crippen LogP contribution in [0.5, 0.6) is 0 Å². The third kappa shape index (κ3) is 2.13. The lowest BCUT2D eigenvalue weighted by Gasteiger charge is -2.53. The van der Waals surface area contributed by atoms with Crippen molar-refractivity contribution in [1.29, 1.82) is 0 Å². The third-order valence-electron chi connectivity index (χ3n) is 5.45. The standard InChI is InChI=1S/C14H27N3/c1-11-3-2-6-17(13(11)9-15)14-10-16-7-4-12(14)5-8-16/h11-14H,2-10,15H2,1H3. The zero-order valence-corrected chi connectivity index (χ0v) is 11.1. The Bertz CT molecular complexity index is 260. The van der Waals surface area contributed by atoms with Crippen LogP contribution in [-0.4, -0.2) is 54.6 Å². The van der Waals surface area contributed by atoms with Gasteiger partial charge in [-0.1, -0.05) is 6.92 Å². The highest BCUT2D eigenvalue weighted by Crippen LogP contribution is 2.35. The van der Waals surface area contributed by atoms with Crippen LogP contribution in [0, 0.1) is 11.8 Å². The highest BCUT2D eigenvalue weighted by molar-refractivity contribution is 4.96. The summed E-state index contributed by atoms with van der Waals surface area (Å²) in [4.78, 5) is 5.45. The Balaban J connectivity index is 1.73. The quantitative estimate of drug-likeness (QED) is 0.782. The second kappa shape index (κ2) is 4.87. The number of fused-ring (bicyclic) bond motifs is 3. The van der Waals surface area contributed by atoms with Crippen LogP contribution in [-0.2, 0) is 0 Å². The van der Waals surface area contributed by atoms with E-state index in [1.165, 1.54) is 51.9 Å². The van der Waals surface area contributed by atoms with Gasteiger partial charge in [-0.25, -0.2) is 0 Å². The Labute approximate surface area is 105 Å². The molecule has 17 heavy (non-hydrogen) atoms. The van der Waals surface area contributed by atoms with Gasteiger partial charge in [0.05, 0.1) is 0 Å². The van der Waals surface area contributed by atoms with Crippen molar-refractivity contribution in [3.05, 3.63) is 0 Å². The highest BCUT2D eigenvalue weighted by atomic mass is 15.3. The van der Waals surface area contributed by atoms with Gasteiger partial charge in [0.15, 0.2) is 0 Å². The van der Waals surface area contributed by atoms with Gasteiger partial charge in [-0.15, -0.1) is 0 Å². The molecule has 3 unspecified atom stereocenters. The molecule has 4 aliphatic rings. The second-order valence-electron chi connectivity index (χ2n) is 6.37. The average Bonchev–Trinajstić information content (AvgIpc) is 2.39. The van der Waals surface area contributed by atoms with Crippen LogP contribution in [0.15, 0.2) is 0 Å². The van der Waals surface area contributed by atoms with Gasteiger partial charge in [0.25, 0.3) is 0 Å². The monoisotopic (exact) mass is 237 g/mol. The lowest BCUT2D eigenvalue weighted by atomic mass is 9.80. The minimum atomic E-state index is 0.647. The van der Waals surface area contributed by atoms with Gasteiger partial charge in [0.1, 0.15) is 0 Å². The molecule has 0 aliphatic carbocycles. The average molecular weight is 237 g/mol. The summed E-state index contributed by atoms with van der Waals surface area (Å²) < 4.78 is 0. The number of rotatable bonds is 2. The Hall–Kier alpha value is -0.120. The first-order chi connectivity index (χ1) is 8.29. The number of piperidine rings is 4. The molecule has 0 aromatic carbocycles. The molecule has 2 N–H and O–H groups in total. The first kappa shape index (κ1) is 11.9. The zero-order chi connectivity index (χ0) is 11.8. The fourth-order valence-corrected chi connectivity index (χ4v) is 4.37. The number of nitrogens with two attached hydrogens (primary N) is 1. The van der Waals surface area contributed by atoms with E-state index in [1.807, 2.05) is 0 Å². The minimum Gasteiger partial charge on any atom is -0.329 e. The van der Waals surface area contributed by atoms with E-state index in [-0.39, 0.29) is 0 Å². The minimum absolute atomic E-state index is 0.647. The number of nitrogens with zero attached hydrogens (tertiary/aromatic N) is 2. The van der Waals surface area contributed by atoms with Crippen molar-refractivity contribution >= 4 is 0 Å². The second-order valence-corrected chi connectivity index (χ2v) is 6.37. The number of hydrogen-bond donors (Lipinski definition) is 1. The summed E-state index contributed by atoms with van der Waals surface area (Å²) in [5.41, 5.74) is 6.03. The van der Waals surface area contributed by atoms with Crippen LogP contribution in [0.2, 0.25) is 0 Å². The summed E-state index contributed by atoms with van der Waals surface area (Å²) in [6.45, 7) is 8.54. The van der Waals surface area contributed by atoms with E-state index in [0.717, 1.165) is 24.4 Å². The Morgan fingerprint density at radius 3 is 2.47 bits per heavy atom. The topological polar surface area (TPSA) is 32.5 Å². The largest absolute Gasteiger partial charge is 0.329 e. The summed E-state index contributed by atoms with van der Waals surface area (Å²) in [5.74, 6) is 1.75. The molecule has 3 nitrogen and oxygen atoms in total. The fourth-order valence-electron chi connectivity index (χ4n) is 4.37. The van der Waals surface area contributed by atoms with Gasteiger partial charge < -0.3 is 10.6 Å². The summed E-state index contributed by atoms with van der Waals surface area (Å²) in [7, 11) is 0. The van der Waals surface area contributed by atoms with Crippen molar-refractivity contribution in [2.24, 2.45) is 17.6 Å². The van der Waals surface area contributed by atoms with Gasteiger partial charge in [-0.2, -0.15) is 0 Å². The van der Waals surface area contributed by atoms with E-state index in [1.54, 1.807) is 0 Å². The van der Waals surface area contributed by atoms with E-state index in [4.69, 9.17) is 5.73 Å². The van der Waals surface area contributed by atoms with Crippen molar-refractivity contribution < 1.29 is 0 Å². The maximum absolute atomic E-state index is 6.03. The molecule has 3 atom stereocenters. The molecule has 3 heteroatoms. The van der Waals surface area contributed by atoms with Crippen LogP contribution < -0.4 is 5.73 Å². The SMILES string of the molecule is CC1CCCN(C2CN3CCC2CC3)C1CN. The molecule has 0 spiro atoms. The molecule has 0 amide bonds. The van der Waals surface area contributed by atoms with Crippen LogP contribution in [0.1, 0.15) is 32.6 Å². The van der Waals surface area contributed by atoms with Crippen molar-refractivity contribution in [3.63, 3.8) is 0 Å². The van der Waals surface area contributed by atoms with Crippen LogP contribution >= 0.6 is 0 Å². The molecule has 98 valence electrons. The first-order valence-electron chi connectivity index (χ1n) is 7.47. The van der Waals surface area contributed by atoms with Crippen LogP contribution in [0.3, 0.4) is 0 Å². The third-order valence-corrected chi connectivity index (χ3v) is 5.45. The van der Waals surface area contributed by atoms with E-state index in [0.29, 0.717) is 6.04 Å². The fraction of sp³-hybridized carbons (Fsp3) is 1.00. The first-order valence-corrected chi connectivity index (χ1v) is 7.47. The molecule has 0 aromatic heterocycles. The maximum Gasteiger partial charge on any atom is 0.0255 e. The molecule has 0 saturated carbocycles. The molecule has 4 rings (SSSR count). The van der Waals surface area contributed by atoms with E-state index < -0.39 is 0 Å². The molecule has 4 aliphatic heterocycles. The van der Waals surface area contributed by atoms with Gasteiger partial charge >= 0.3 is 0 Å². The van der Waals surface area contributed by atoms with Crippen LogP contribution in [0.4, 0.5) is 0 Å². The van der Waals surface area contributed by atoms with Crippen molar-refractivity contribution in [1.82, 2.24) is 9.80 Å². The van der Waals surface area contributed by atoms with Crippen molar-refractivity contribution in [3.8, 4) is 0 Å². The van der Waals surface area contributed by atoms with E-state index in [2.05, 4.69) is 16.7 Å². The molecule has 0 aromatic rings. The highest BCUT2D eigenvalue weighted by Gasteiger charge is 2.41. The molecule has 4 heterocycles. The summed E-state index contributed by atoms with van der Waals surface area (Å²) in [5, 5.41) is 0. The lowest BCUT2D eigenvalue weighted by Crippen LogP contribution is -2.63. The Morgan fingerprint density at radius 1 is 1.12 bits per heavy atom. The van der Waals surface area contributed by atoms with Crippen molar-refractivity contribution in [2.45, 2.75) is 44.7 Å². The van der Waals surface area contributed by atoms with Gasteiger partial charge in [0.2, 0.25) is 0 Å². The number of hydrogen-bond acceptors (Lipinski definition) is 3. The molecule has 4 saturated heterocycles. The Kier molecular flexibility index (Phi) is 3.42. The zero-order valence-electron chi connectivity index (χ0n) is 11.1. The lowest BCUT2D eigenvalue weighted by molar-refractivity contribution is -0.0374. The van der Waals surface area contributed by atoms with Gasteiger partial charge in [-0.05, 0) is 57.2 Å². The molecular formula is C14H27N3. The van der Waals surface area contributed by atoms with Crippen LogP contribution in [0.25, 0.3) is 0 Å². The summed E-state index contributed by atoms with van der Waals surface area (Å²) in [6.07, 6.45) is 5.60. The molecular weight excluding hydrogens is 210 g/mol. The number of likely N-dealkylation sites (tertiary alicyclic amines) is 1. The van der Waals surface area contributed by atoms with E-state index >= 15 is 0 Å². The summed E-state index contributed by atoms with van der Waals surface area (Å²) in [6, 6.07) is 1.46. The smallest absolute Gasteiger partial charge is 0.0255 e. The maximum atomic E-state index is 6.03. The predicted molar refractivity (Wildman–Crippen MR) is 70.9 cm³/mol. The summed E-state index contributed by atoms with van der Waals surface area (Å²) >= 11 is 0. The predicted octanol–water partition coefficient (Wildman–Crippen LogP) is 1.14. The van der Waals surface area contributed by atoms with Gasteiger partial charge in [-0.3, -0.25) is 4.90 Å². The van der Waals surface area contributed by atoms with Gasteiger partial charge in [0, 0.05) is 25.2 Å².